The van der Waals surface area contributed by atoms with E-state index in [4.69, 9.17) is 9.47 Å². The topological polar surface area (TPSA) is 95.9 Å². The second kappa shape index (κ2) is 6.37. The van der Waals surface area contributed by atoms with E-state index in [0.29, 0.717) is 31.5 Å². The fraction of sp³-hybridized carbons (Fsp3) is 0.778. The highest BCUT2D eigenvalue weighted by atomic mass is 16.6. The van der Waals surface area contributed by atoms with Crippen LogP contribution in [0.3, 0.4) is 0 Å². The van der Waals surface area contributed by atoms with E-state index >= 15 is 0 Å². The molecule has 6 atom stereocenters. The largest absolute Gasteiger partial charge is 0.632 e. The normalized spacial score (nSPS) is 46.8. The van der Waals surface area contributed by atoms with Gasteiger partial charge < -0.3 is 24.4 Å². The number of ether oxygens (including phenoxy) is 2. The van der Waals surface area contributed by atoms with E-state index in [2.05, 4.69) is 0 Å². The molecular formula is C18H27NO6. The molecule has 3 rings (SSSR count). The molecule has 0 bridgehead atoms. The van der Waals surface area contributed by atoms with E-state index in [1.807, 2.05) is 0 Å². The average molecular weight is 353 g/mol. The molecule has 0 aromatic heterocycles. The van der Waals surface area contributed by atoms with Crippen molar-refractivity contribution in [3.05, 3.63) is 16.9 Å². The molecule has 0 amide bonds. The van der Waals surface area contributed by atoms with Crippen molar-refractivity contribution in [3.8, 4) is 0 Å². The Balaban J connectivity index is 1.92. The number of esters is 2. The molecule has 3 heterocycles. The lowest BCUT2D eigenvalue weighted by Crippen LogP contribution is -2.50. The van der Waals surface area contributed by atoms with Crippen molar-refractivity contribution in [2.75, 3.05) is 19.7 Å². The third-order valence-corrected chi connectivity index (χ3v) is 6.27. The minimum absolute atomic E-state index is 0.0825. The molecule has 1 N–H and O–H groups in total. The van der Waals surface area contributed by atoms with Crippen molar-refractivity contribution in [2.24, 2.45) is 11.8 Å². The molecule has 0 radical (unpaired) electrons. The highest BCUT2D eigenvalue weighted by molar-refractivity contribution is 5.89. The van der Waals surface area contributed by atoms with Crippen LogP contribution in [0.15, 0.2) is 11.6 Å². The molecule has 3 fully saturated rings. The van der Waals surface area contributed by atoms with Gasteiger partial charge in [-0.05, 0) is 26.2 Å². The van der Waals surface area contributed by atoms with Crippen molar-refractivity contribution >= 4 is 11.9 Å². The zero-order valence-electron chi connectivity index (χ0n) is 15.1. The summed E-state index contributed by atoms with van der Waals surface area (Å²) >= 11 is 0. The molecule has 2 unspecified atom stereocenters. The Bertz CT molecular complexity index is 600. The van der Waals surface area contributed by atoms with Gasteiger partial charge in [0.2, 0.25) is 0 Å². The first-order valence-corrected chi connectivity index (χ1v) is 9.02. The minimum atomic E-state index is -1.70. The number of nitrogens with zero attached hydrogens (tertiary/aromatic N) is 1. The lowest BCUT2D eigenvalue weighted by Gasteiger charge is -2.41. The zero-order valence-corrected chi connectivity index (χ0v) is 15.1. The summed E-state index contributed by atoms with van der Waals surface area (Å²) in [5.41, 5.74) is -1.29. The molecule has 25 heavy (non-hydrogen) atoms. The number of aliphatic hydroxyl groups is 1. The SMILES string of the molecule is C/C=C1/CC(C)[C@@](C)(O)C(=O)OC[C@@H]2CC[N+]3([O-])CC[C@@H](OC1=O)[C@@H]23. The summed E-state index contributed by atoms with van der Waals surface area (Å²) in [6.07, 6.45) is 2.57. The number of carbonyl (C=O) groups is 2. The summed E-state index contributed by atoms with van der Waals surface area (Å²) in [4.78, 5) is 25.0. The van der Waals surface area contributed by atoms with Crippen molar-refractivity contribution in [1.82, 2.24) is 0 Å². The monoisotopic (exact) mass is 353 g/mol. The Morgan fingerprint density at radius 2 is 2.00 bits per heavy atom. The van der Waals surface area contributed by atoms with Crippen molar-refractivity contribution in [2.45, 2.75) is 57.8 Å². The smallest absolute Gasteiger partial charge is 0.338 e. The molecule has 3 aliphatic rings. The summed E-state index contributed by atoms with van der Waals surface area (Å²) in [7, 11) is 0. The van der Waals surface area contributed by atoms with Gasteiger partial charge in [-0.15, -0.1) is 0 Å². The number of carbonyl (C=O) groups excluding carboxylic acids is 2. The molecule has 3 saturated heterocycles. The van der Waals surface area contributed by atoms with E-state index in [0.717, 1.165) is 0 Å². The van der Waals surface area contributed by atoms with E-state index in [-0.39, 0.29) is 23.6 Å². The van der Waals surface area contributed by atoms with E-state index in [9.17, 15) is 19.9 Å². The summed E-state index contributed by atoms with van der Waals surface area (Å²) in [5.74, 6) is -1.81. The second-order valence-electron chi connectivity index (χ2n) is 7.84. The van der Waals surface area contributed by atoms with Gasteiger partial charge in [0.25, 0.3) is 0 Å². The van der Waals surface area contributed by atoms with Gasteiger partial charge in [0.05, 0.1) is 19.0 Å². The lowest BCUT2D eigenvalue weighted by molar-refractivity contribution is -0.882. The van der Waals surface area contributed by atoms with Crippen LogP contribution in [0.4, 0.5) is 0 Å². The van der Waals surface area contributed by atoms with Gasteiger partial charge >= 0.3 is 11.9 Å². The van der Waals surface area contributed by atoms with Gasteiger partial charge in [0, 0.05) is 18.4 Å². The Kier molecular flexibility index (Phi) is 4.68. The quantitative estimate of drug-likeness (QED) is 0.305. The second-order valence-corrected chi connectivity index (χ2v) is 7.84. The number of hydrogen-bond donors (Lipinski definition) is 1. The minimum Gasteiger partial charge on any atom is -0.632 e. The Morgan fingerprint density at radius 3 is 2.68 bits per heavy atom. The van der Waals surface area contributed by atoms with Crippen LogP contribution in [0.2, 0.25) is 0 Å². The molecule has 0 saturated carbocycles. The van der Waals surface area contributed by atoms with Gasteiger partial charge in [-0.25, -0.2) is 9.59 Å². The third kappa shape index (κ3) is 3.09. The Hall–Kier alpha value is -1.44. The Labute approximate surface area is 147 Å². The molecule has 0 spiro atoms. The number of quaternary nitrogens is 1. The van der Waals surface area contributed by atoms with Crippen LogP contribution in [0.25, 0.3) is 0 Å². The summed E-state index contributed by atoms with van der Waals surface area (Å²) in [6.45, 7) is 5.79. The summed E-state index contributed by atoms with van der Waals surface area (Å²) < 4.78 is 10.7. The molecular weight excluding hydrogens is 326 g/mol. The van der Waals surface area contributed by atoms with E-state index < -0.39 is 35.6 Å². The van der Waals surface area contributed by atoms with Crippen LogP contribution in [0.1, 0.15) is 40.0 Å². The maximum Gasteiger partial charge on any atom is 0.338 e. The zero-order chi connectivity index (χ0) is 18.4. The van der Waals surface area contributed by atoms with Crippen molar-refractivity contribution in [1.29, 1.82) is 0 Å². The summed E-state index contributed by atoms with van der Waals surface area (Å²) in [6, 6.07) is -0.392. The molecule has 7 heteroatoms. The van der Waals surface area contributed by atoms with Crippen LogP contribution in [0.5, 0.6) is 0 Å². The predicted molar refractivity (Wildman–Crippen MR) is 88.9 cm³/mol. The third-order valence-electron chi connectivity index (χ3n) is 6.27. The van der Waals surface area contributed by atoms with Crippen LogP contribution >= 0.6 is 0 Å². The van der Waals surface area contributed by atoms with Crippen LogP contribution < -0.4 is 0 Å². The molecule has 3 aliphatic heterocycles. The van der Waals surface area contributed by atoms with Gasteiger partial charge in [-0.3, -0.25) is 0 Å². The first-order chi connectivity index (χ1) is 11.7. The van der Waals surface area contributed by atoms with Crippen LogP contribution in [-0.2, 0) is 19.1 Å². The standard InChI is InChI=1S/C18H27NO6/c1-4-12-9-11(2)18(3,22)17(21)24-10-13-5-7-19(23)8-6-14(15(13)19)25-16(12)20/h4,11,13-15,22H,5-10H2,1-3H3/b12-4-/t11?,13-,14+,15+,18+,19?/m0/s1. The molecule has 140 valence electrons. The van der Waals surface area contributed by atoms with Gasteiger partial charge in [-0.2, -0.15) is 0 Å². The van der Waals surface area contributed by atoms with Crippen LogP contribution in [-0.4, -0.2) is 59.1 Å². The fourth-order valence-corrected chi connectivity index (χ4v) is 4.37. The molecule has 0 aromatic carbocycles. The fourth-order valence-electron chi connectivity index (χ4n) is 4.37. The lowest BCUT2D eigenvalue weighted by atomic mass is 9.85. The van der Waals surface area contributed by atoms with E-state index in [1.165, 1.54) is 6.92 Å². The Morgan fingerprint density at radius 1 is 1.32 bits per heavy atom. The van der Waals surface area contributed by atoms with Gasteiger partial charge in [-0.1, -0.05) is 13.0 Å². The molecule has 0 aliphatic carbocycles. The van der Waals surface area contributed by atoms with Gasteiger partial charge in [0.1, 0.15) is 12.6 Å². The number of cyclic esters (lactones) is 1. The van der Waals surface area contributed by atoms with Crippen LogP contribution in [0, 0.1) is 17.0 Å². The highest BCUT2D eigenvalue weighted by Crippen LogP contribution is 2.42. The first kappa shape index (κ1) is 18.4. The number of allylic oxidation sites excluding steroid dienone is 1. The molecule has 7 nitrogen and oxygen atoms in total. The first-order valence-electron chi connectivity index (χ1n) is 9.02. The number of hydroxylamine groups is 3. The number of rotatable bonds is 0. The number of hydrogen-bond acceptors (Lipinski definition) is 6. The van der Waals surface area contributed by atoms with Crippen molar-refractivity contribution < 1.29 is 28.8 Å². The summed E-state index contributed by atoms with van der Waals surface area (Å²) in [5, 5.41) is 23.5. The average Bonchev–Trinajstić information content (AvgIpc) is 3.05. The van der Waals surface area contributed by atoms with Crippen molar-refractivity contribution in [3.63, 3.8) is 0 Å². The molecule has 0 aromatic rings. The maximum absolute atomic E-state index is 13.0. The van der Waals surface area contributed by atoms with Gasteiger partial charge in [0.15, 0.2) is 11.7 Å². The maximum atomic E-state index is 13.0. The predicted octanol–water partition coefficient (Wildman–Crippen LogP) is 1.29. The highest BCUT2D eigenvalue weighted by Gasteiger charge is 2.55. The van der Waals surface area contributed by atoms with E-state index in [1.54, 1.807) is 19.9 Å².